The number of benzene rings is 1. The van der Waals surface area contributed by atoms with E-state index in [1.807, 2.05) is 13.1 Å². The van der Waals surface area contributed by atoms with Crippen molar-refractivity contribution in [2.75, 3.05) is 44.1 Å². The fourth-order valence-electron chi connectivity index (χ4n) is 2.82. The second-order valence-electron chi connectivity index (χ2n) is 5.63. The number of hydrogen-bond acceptors (Lipinski definition) is 5. The summed E-state index contributed by atoms with van der Waals surface area (Å²) in [6, 6.07) is 5.57. The standard InChI is InChI=1S/C14H23N3O2S/c1-16-9-5-6-11(10-16)17(2)12-7-4-8-13(14(12)15)20(3,18)19/h4,7-8,11H,5-6,9-10,15H2,1-3H3. The average Bonchev–Trinajstić information content (AvgIpc) is 2.37. The number of nitrogen functional groups attached to an aromatic ring is 1. The number of piperidine rings is 1. The second-order valence-corrected chi connectivity index (χ2v) is 7.61. The summed E-state index contributed by atoms with van der Waals surface area (Å²) < 4.78 is 23.5. The number of likely N-dealkylation sites (N-methyl/N-ethyl adjacent to an activating group) is 2. The van der Waals surface area contributed by atoms with Crippen LogP contribution in [0.25, 0.3) is 0 Å². The van der Waals surface area contributed by atoms with Crippen molar-refractivity contribution in [2.24, 2.45) is 0 Å². The van der Waals surface area contributed by atoms with Crippen molar-refractivity contribution in [3.05, 3.63) is 18.2 Å². The van der Waals surface area contributed by atoms with Gasteiger partial charge in [0.05, 0.1) is 16.3 Å². The molecule has 0 aromatic heterocycles. The van der Waals surface area contributed by atoms with Gasteiger partial charge in [0.25, 0.3) is 0 Å². The van der Waals surface area contributed by atoms with Gasteiger partial charge in [0.1, 0.15) is 0 Å². The Balaban J connectivity index is 2.33. The molecule has 0 saturated carbocycles. The van der Waals surface area contributed by atoms with Crippen LogP contribution in [-0.4, -0.2) is 52.8 Å². The van der Waals surface area contributed by atoms with Crippen molar-refractivity contribution < 1.29 is 8.42 Å². The number of rotatable bonds is 3. The molecule has 112 valence electrons. The predicted octanol–water partition coefficient (Wildman–Crippen LogP) is 1.20. The van der Waals surface area contributed by atoms with Gasteiger partial charge in [-0.25, -0.2) is 8.42 Å². The Morgan fingerprint density at radius 2 is 2.10 bits per heavy atom. The van der Waals surface area contributed by atoms with E-state index < -0.39 is 9.84 Å². The lowest BCUT2D eigenvalue weighted by Crippen LogP contribution is -2.45. The summed E-state index contributed by atoms with van der Waals surface area (Å²) in [5, 5.41) is 0. The van der Waals surface area contributed by atoms with Crippen molar-refractivity contribution in [3.8, 4) is 0 Å². The molecule has 1 saturated heterocycles. The molecule has 1 aliphatic heterocycles. The summed E-state index contributed by atoms with van der Waals surface area (Å²) in [5.41, 5.74) is 7.23. The van der Waals surface area contributed by atoms with Gasteiger partial charge in [-0.1, -0.05) is 6.07 Å². The first-order chi connectivity index (χ1) is 9.30. The molecule has 5 nitrogen and oxygen atoms in total. The van der Waals surface area contributed by atoms with Crippen LogP contribution in [0, 0.1) is 0 Å². The molecule has 0 aliphatic carbocycles. The minimum atomic E-state index is -3.29. The molecule has 2 rings (SSSR count). The molecule has 1 atom stereocenters. The van der Waals surface area contributed by atoms with Crippen molar-refractivity contribution in [1.29, 1.82) is 0 Å². The van der Waals surface area contributed by atoms with Crippen LogP contribution in [-0.2, 0) is 9.84 Å². The van der Waals surface area contributed by atoms with Gasteiger partial charge in [-0.15, -0.1) is 0 Å². The monoisotopic (exact) mass is 297 g/mol. The number of sulfone groups is 1. The molecule has 1 fully saturated rings. The van der Waals surface area contributed by atoms with Gasteiger partial charge in [0.2, 0.25) is 0 Å². The summed E-state index contributed by atoms with van der Waals surface area (Å²) in [7, 11) is 0.802. The Morgan fingerprint density at radius 1 is 1.40 bits per heavy atom. The maximum Gasteiger partial charge on any atom is 0.177 e. The Bertz CT molecular complexity index is 586. The Morgan fingerprint density at radius 3 is 2.70 bits per heavy atom. The number of anilines is 2. The molecule has 1 aromatic rings. The number of nitrogens with two attached hydrogens (primary N) is 1. The minimum Gasteiger partial charge on any atom is -0.396 e. The topological polar surface area (TPSA) is 66.6 Å². The third-order valence-electron chi connectivity index (χ3n) is 3.97. The van der Waals surface area contributed by atoms with E-state index in [-0.39, 0.29) is 4.90 Å². The molecule has 6 heteroatoms. The molecule has 2 N–H and O–H groups in total. The van der Waals surface area contributed by atoms with E-state index in [1.54, 1.807) is 12.1 Å². The highest BCUT2D eigenvalue weighted by Crippen LogP contribution is 2.31. The SMILES string of the molecule is CN1CCCC(N(C)c2cccc(S(C)(=O)=O)c2N)C1. The normalized spacial score (nSPS) is 20.9. The molecule has 0 radical (unpaired) electrons. The van der Waals surface area contributed by atoms with E-state index in [0.29, 0.717) is 11.7 Å². The van der Waals surface area contributed by atoms with Crippen LogP contribution in [0.2, 0.25) is 0 Å². The highest BCUT2D eigenvalue weighted by atomic mass is 32.2. The zero-order valence-corrected chi connectivity index (χ0v) is 13.2. The molecule has 1 unspecified atom stereocenters. The van der Waals surface area contributed by atoms with Gasteiger partial charge in [0.15, 0.2) is 9.84 Å². The summed E-state index contributed by atoms with van der Waals surface area (Å²) >= 11 is 0. The molecular weight excluding hydrogens is 274 g/mol. The number of likely N-dealkylation sites (tertiary alicyclic amines) is 1. The summed E-state index contributed by atoms with van der Waals surface area (Å²) in [6.45, 7) is 2.09. The van der Waals surface area contributed by atoms with E-state index in [2.05, 4.69) is 16.8 Å². The third kappa shape index (κ3) is 3.07. The van der Waals surface area contributed by atoms with Crippen LogP contribution in [0.1, 0.15) is 12.8 Å². The van der Waals surface area contributed by atoms with E-state index >= 15 is 0 Å². The first kappa shape index (κ1) is 15.1. The van der Waals surface area contributed by atoms with Crippen molar-refractivity contribution in [3.63, 3.8) is 0 Å². The largest absolute Gasteiger partial charge is 0.396 e. The number of para-hydroxylation sites is 1. The Hall–Kier alpha value is -1.27. The van der Waals surface area contributed by atoms with Crippen LogP contribution in [0.4, 0.5) is 11.4 Å². The van der Waals surface area contributed by atoms with Crippen LogP contribution in [0.3, 0.4) is 0 Å². The molecule has 20 heavy (non-hydrogen) atoms. The van der Waals surface area contributed by atoms with Gasteiger partial charge in [-0.2, -0.15) is 0 Å². The van der Waals surface area contributed by atoms with Crippen LogP contribution in [0.15, 0.2) is 23.1 Å². The number of nitrogens with zero attached hydrogens (tertiary/aromatic N) is 2. The maximum atomic E-state index is 11.8. The third-order valence-corrected chi connectivity index (χ3v) is 5.12. The summed E-state index contributed by atoms with van der Waals surface area (Å²) in [4.78, 5) is 4.62. The first-order valence-corrected chi connectivity index (χ1v) is 8.69. The molecule has 0 spiro atoms. The fraction of sp³-hybridized carbons (Fsp3) is 0.571. The van der Waals surface area contributed by atoms with Gasteiger partial charge < -0.3 is 15.5 Å². The van der Waals surface area contributed by atoms with Gasteiger partial charge in [0, 0.05) is 25.9 Å². The van der Waals surface area contributed by atoms with E-state index in [1.165, 1.54) is 6.26 Å². The lowest BCUT2D eigenvalue weighted by Gasteiger charge is -2.37. The lowest BCUT2D eigenvalue weighted by atomic mass is 10.0. The zero-order valence-electron chi connectivity index (χ0n) is 12.3. The quantitative estimate of drug-likeness (QED) is 0.849. The smallest absolute Gasteiger partial charge is 0.177 e. The highest BCUT2D eigenvalue weighted by molar-refractivity contribution is 7.90. The van der Waals surface area contributed by atoms with Crippen LogP contribution in [0.5, 0.6) is 0 Å². The predicted molar refractivity (Wildman–Crippen MR) is 82.9 cm³/mol. The molecule has 0 amide bonds. The average molecular weight is 297 g/mol. The fourth-order valence-corrected chi connectivity index (χ4v) is 3.65. The highest BCUT2D eigenvalue weighted by Gasteiger charge is 2.24. The van der Waals surface area contributed by atoms with Crippen LogP contribution >= 0.6 is 0 Å². The van der Waals surface area contributed by atoms with E-state index in [4.69, 9.17) is 5.73 Å². The minimum absolute atomic E-state index is 0.214. The molecule has 1 aliphatic rings. The van der Waals surface area contributed by atoms with E-state index in [0.717, 1.165) is 31.6 Å². The second kappa shape index (κ2) is 5.61. The van der Waals surface area contributed by atoms with E-state index in [9.17, 15) is 8.42 Å². The first-order valence-electron chi connectivity index (χ1n) is 6.80. The Kier molecular flexibility index (Phi) is 4.25. The van der Waals surface area contributed by atoms with Crippen LogP contribution < -0.4 is 10.6 Å². The molecule has 0 bridgehead atoms. The summed E-state index contributed by atoms with van der Waals surface area (Å²) in [6.07, 6.45) is 3.44. The lowest BCUT2D eigenvalue weighted by molar-refractivity contribution is 0.248. The van der Waals surface area contributed by atoms with Gasteiger partial charge in [-0.3, -0.25) is 0 Å². The van der Waals surface area contributed by atoms with Gasteiger partial charge >= 0.3 is 0 Å². The number of hydrogen-bond donors (Lipinski definition) is 1. The van der Waals surface area contributed by atoms with Crippen molar-refractivity contribution in [2.45, 2.75) is 23.8 Å². The van der Waals surface area contributed by atoms with Gasteiger partial charge in [-0.05, 0) is 38.6 Å². The van der Waals surface area contributed by atoms with Crippen molar-refractivity contribution >= 4 is 21.2 Å². The maximum absolute atomic E-state index is 11.8. The molecule has 1 heterocycles. The van der Waals surface area contributed by atoms with Crippen molar-refractivity contribution in [1.82, 2.24) is 4.90 Å². The zero-order chi connectivity index (χ0) is 14.9. The molecular formula is C14H23N3O2S. The Labute approximate surface area is 121 Å². The molecule has 1 aromatic carbocycles. The summed E-state index contributed by atoms with van der Waals surface area (Å²) in [5.74, 6) is 0.